The van der Waals surface area contributed by atoms with Crippen LogP contribution in [-0.4, -0.2) is 93.8 Å². The highest BCUT2D eigenvalue weighted by Crippen LogP contribution is 2.69. The van der Waals surface area contributed by atoms with E-state index in [2.05, 4.69) is 34.9 Å². The van der Waals surface area contributed by atoms with Crippen molar-refractivity contribution >= 4 is 29.6 Å². The molecule has 2 aliphatic heterocycles. The van der Waals surface area contributed by atoms with Crippen LogP contribution in [0.3, 0.4) is 0 Å². The Bertz CT molecular complexity index is 1050. The largest absolute Gasteiger partial charge is 0.490 e. The number of carbonyl (C=O) groups is 4. The van der Waals surface area contributed by atoms with Crippen LogP contribution in [0.5, 0.6) is 0 Å². The molecule has 1 saturated carbocycles. The van der Waals surface area contributed by atoms with Gasteiger partial charge in [0.1, 0.15) is 0 Å². The number of rotatable bonds is 4. The Kier molecular flexibility index (Phi) is 9.15. The minimum atomic E-state index is -5.08. The van der Waals surface area contributed by atoms with E-state index in [0.29, 0.717) is 13.1 Å². The molecule has 0 aromatic heterocycles. The predicted molar refractivity (Wildman–Crippen MR) is 120 cm³/mol. The lowest BCUT2D eigenvalue weighted by atomic mass is 9.97. The fraction of sp³-hybridized carbons (Fsp3) is 0.565. The Morgan fingerprint density at radius 2 is 1.18 bits per heavy atom. The summed E-state index contributed by atoms with van der Waals surface area (Å²) in [6.07, 6.45) is -8.00. The molecule has 4 N–H and O–H groups in total. The normalized spacial score (nSPS) is 24.8. The lowest BCUT2D eigenvalue weighted by molar-refractivity contribution is -0.193. The van der Waals surface area contributed by atoms with E-state index in [1.165, 1.54) is 11.3 Å². The number of hydrogen-bond donors (Lipinski definition) is 4. The number of aliphatic carboxylic acids is 4. The van der Waals surface area contributed by atoms with Gasteiger partial charge in [-0.15, -0.1) is 0 Å². The number of carboxylic acid groups (broad SMARTS) is 4. The summed E-state index contributed by atoms with van der Waals surface area (Å²) in [4.78, 5) is 45.7. The second-order valence-electron chi connectivity index (χ2n) is 9.47. The average molecular weight is 572 g/mol. The van der Waals surface area contributed by atoms with Gasteiger partial charge in [0, 0.05) is 37.9 Å². The van der Waals surface area contributed by atoms with Crippen LogP contribution < -0.4 is 4.90 Å². The maximum atomic E-state index is 11.7. The monoisotopic (exact) mass is 572 g/mol. The molecule has 4 rings (SSSR count). The van der Waals surface area contributed by atoms with Crippen LogP contribution in [0.1, 0.15) is 24.8 Å². The van der Waals surface area contributed by atoms with Crippen LogP contribution in [0, 0.1) is 17.8 Å². The van der Waals surface area contributed by atoms with Crippen molar-refractivity contribution in [1.82, 2.24) is 4.90 Å². The number of hydrogen-bond acceptors (Lipinski definition) is 6. The zero-order valence-corrected chi connectivity index (χ0v) is 20.4. The smallest absolute Gasteiger partial charge is 0.481 e. The van der Waals surface area contributed by atoms with Gasteiger partial charge in [0.05, 0.1) is 10.8 Å². The molecule has 0 bridgehead atoms. The first kappa shape index (κ1) is 31.7. The van der Waals surface area contributed by atoms with Crippen molar-refractivity contribution < 1.29 is 65.9 Å². The van der Waals surface area contributed by atoms with Crippen LogP contribution >= 0.6 is 0 Å². The maximum Gasteiger partial charge on any atom is 0.490 e. The molecule has 0 amide bonds. The Morgan fingerprint density at radius 3 is 1.51 bits per heavy atom. The summed E-state index contributed by atoms with van der Waals surface area (Å²) in [5, 5.41) is 33.4. The molecule has 2 atom stereocenters. The number of benzene rings is 1. The average Bonchev–Trinajstić information content (AvgIpc) is 3.37. The summed E-state index contributed by atoms with van der Waals surface area (Å²) in [6, 6.07) is 8.62. The number of likely N-dealkylation sites (tertiary alicyclic amines) is 1. The van der Waals surface area contributed by atoms with E-state index in [1.54, 1.807) is 0 Å². The van der Waals surface area contributed by atoms with E-state index in [9.17, 15) is 46.1 Å². The zero-order chi connectivity index (χ0) is 30.0. The van der Waals surface area contributed by atoms with Crippen LogP contribution in [0.4, 0.5) is 32.0 Å². The third-order valence-electron chi connectivity index (χ3n) is 7.08. The van der Waals surface area contributed by atoms with Crippen molar-refractivity contribution in [3.05, 3.63) is 29.8 Å². The SMILES string of the molecule is Cc1ccccc1N1CCC(N2C[C@@]3(C(=O)O)C[C@@]3(C(=O)O)C2)CC1.O=C(O)C(F)(F)F.O=C(O)C(F)(F)F. The summed E-state index contributed by atoms with van der Waals surface area (Å²) >= 11 is 0. The molecule has 218 valence electrons. The molecular formula is C23H26F6N2O8. The van der Waals surface area contributed by atoms with Crippen molar-refractivity contribution in [2.75, 3.05) is 31.1 Å². The molecule has 1 aromatic carbocycles. The second kappa shape index (κ2) is 11.3. The molecule has 39 heavy (non-hydrogen) atoms. The molecule has 0 radical (unpaired) electrons. The summed E-state index contributed by atoms with van der Waals surface area (Å²) in [5.74, 6) is -7.41. The topological polar surface area (TPSA) is 156 Å². The molecule has 2 saturated heterocycles. The van der Waals surface area contributed by atoms with E-state index in [-0.39, 0.29) is 12.5 Å². The molecule has 10 nitrogen and oxygen atoms in total. The highest BCUT2D eigenvalue weighted by atomic mass is 19.4. The Balaban J connectivity index is 0.000000317. The third kappa shape index (κ3) is 6.91. The number of nitrogens with zero attached hydrogens (tertiary/aromatic N) is 2. The number of carboxylic acids is 4. The Hall–Kier alpha value is -3.56. The number of alkyl halides is 6. The van der Waals surface area contributed by atoms with Gasteiger partial charge in [-0.05, 0) is 37.8 Å². The van der Waals surface area contributed by atoms with Crippen molar-refractivity contribution in [3.8, 4) is 0 Å². The Labute approximate surface area is 217 Å². The van der Waals surface area contributed by atoms with Crippen molar-refractivity contribution in [3.63, 3.8) is 0 Å². The van der Waals surface area contributed by atoms with Crippen molar-refractivity contribution in [1.29, 1.82) is 0 Å². The molecule has 1 aromatic rings. The molecule has 16 heteroatoms. The van der Waals surface area contributed by atoms with Gasteiger partial charge in [0.2, 0.25) is 0 Å². The van der Waals surface area contributed by atoms with E-state index < -0.39 is 47.1 Å². The first-order chi connectivity index (χ1) is 17.8. The highest BCUT2D eigenvalue weighted by molar-refractivity contribution is 5.94. The molecular weight excluding hydrogens is 546 g/mol. The lowest BCUT2D eigenvalue weighted by Crippen LogP contribution is -2.46. The fourth-order valence-corrected chi connectivity index (χ4v) is 4.98. The van der Waals surface area contributed by atoms with Gasteiger partial charge in [-0.25, -0.2) is 9.59 Å². The standard InChI is InChI=1S/C19H24N2O4.2C2HF3O2/c1-13-4-2-3-5-15(13)20-8-6-14(7-9-20)21-11-18(16(22)23)10-19(18,12-21)17(24)25;2*3-2(4,5)1(6)7/h2-5,14H,6-12H2,1H3,(H,22,23)(H,24,25);2*(H,6,7)/t18-,19+;;. The van der Waals surface area contributed by atoms with E-state index in [1.807, 2.05) is 6.07 Å². The summed E-state index contributed by atoms with van der Waals surface area (Å²) < 4.78 is 63.5. The lowest BCUT2D eigenvalue weighted by Gasteiger charge is -2.39. The van der Waals surface area contributed by atoms with Crippen LogP contribution in [0.15, 0.2) is 24.3 Å². The summed E-state index contributed by atoms with van der Waals surface area (Å²) in [5.41, 5.74) is 0.394. The minimum absolute atomic E-state index is 0.278. The van der Waals surface area contributed by atoms with Crippen LogP contribution in [0.25, 0.3) is 0 Å². The molecule has 2 heterocycles. The number of halogens is 6. The van der Waals surface area contributed by atoms with E-state index in [0.717, 1.165) is 25.9 Å². The number of fused-ring (bicyclic) bond motifs is 1. The van der Waals surface area contributed by atoms with Crippen LogP contribution in [0.2, 0.25) is 0 Å². The molecule has 1 aliphatic carbocycles. The van der Waals surface area contributed by atoms with E-state index in [4.69, 9.17) is 19.8 Å². The maximum absolute atomic E-state index is 11.7. The zero-order valence-electron chi connectivity index (χ0n) is 20.4. The number of para-hydroxylation sites is 1. The van der Waals surface area contributed by atoms with Crippen molar-refractivity contribution in [2.45, 2.75) is 44.6 Å². The summed E-state index contributed by atoms with van der Waals surface area (Å²) in [7, 11) is 0. The fourth-order valence-electron chi connectivity index (χ4n) is 4.98. The van der Waals surface area contributed by atoms with Gasteiger partial charge in [-0.3, -0.25) is 14.5 Å². The summed E-state index contributed by atoms with van der Waals surface area (Å²) in [6.45, 7) is 4.72. The highest BCUT2D eigenvalue weighted by Gasteiger charge is 2.81. The number of piperidine rings is 2. The molecule has 3 aliphatic rings. The number of aryl methyl sites for hydroxylation is 1. The van der Waals surface area contributed by atoms with Crippen molar-refractivity contribution in [2.24, 2.45) is 10.8 Å². The van der Waals surface area contributed by atoms with Gasteiger partial charge in [0.25, 0.3) is 0 Å². The Morgan fingerprint density at radius 1 is 0.795 bits per heavy atom. The van der Waals surface area contributed by atoms with E-state index >= 15 is 0 Å². The van der Waals surface area contributed by atoms with Gasteiger partial charge in [-0.2, -0.15) is 26.3 Å². The quantitative estimate of drug-likeness (QED) is 0.396. The van der Waals surface area contributed by atoms with Gasteiger partial charge >= 0.3 is 36.2 Å². The molecule has 0 spiro atoms. The van der Waals surface area contributed by atoms with Gasteiger partial charge in [-0.1, -0.05) is 18.2 Å². The number of anilines is 1. The predicted octanol–water partition coefficient (Wildman–Crippen LogP) is 3.09. The van der Waals surface area contributed by atoms with Gasteiger partial charge < -0.3 is 25.3 Å². The van der Waals surface area contributed by atoms with Gasteiger partial charge in [0.15, 0.2) is 0 Å². The second-order valence-corrected chi connectivity index (χ2v) is 9.47. The minimum Gasteiger partial charge on any atom is -0.481 e. The molecule has 0 unspecified atom stereocenters. The third-order valence-corrected chi connectivity index (χ3v) is 7.08. The molecule has 3 fully saturated rings. The van der Waals surface area contributed by atoms with Crippen LogP contribution in [-0.2, 0) is 19.2 Å². The first-order valence-electron chi connectivity index (χ1n) is 11.4. The first-order valence-corrected chi connectivity index (χ1v) is 11.4.